The standard InChI is InChI=1S/C12H15BrF2N2/c13-11-2-1-9(15)7-10(11)12(8-14)17-5-3-16-4-6-17/h1-2,7,12,16H,3-6,8H2/t12-/m0/s1. The highest BCUT2D eigenvalue weighted by Gasteiger charge is 2.24. The van der Waals surface area contributed by atoms with Crippen molar-refractivity contribution in [2.75, 3.05) is 32.9 Å². The number of nitrogens with zero attached hydrogens (tertiary/aromatic N) is 1. The Morgan fingerprint density at radius 3 is 2.71 bits per heavy atom. The third-order valence-electron chi connectivity index (χ3n) is 3.06. The molecule has 2 nitrogen and oxygen atoms in total. The van der Waals surface area contributed by atoms with E-state index in [-0.39, 0.29) is 11.9 Å². The van der Waals surface area contributed by atoms with Gasteiger partial charge in [0.15, 0.2) is 0 Å². The lowest BCUT2D eigenvalue weighted by Crippen LogP contribution is -2.45. The number of alkyl halides is 1. The Bertz CT molecular complexity index is 381. The van der Waals surface area contributed by atoms with Crippen LogP contribution in [0.3, 0.4) is 0 Å². The van der Waals surface area contributed by atoms with E-state index in [2.05, 4.69) is 26.1 Å². The molecule has 1 aliphatic heterocycles. The van der Waals surface area contributed by atoms with E-state index >= 15 is 0 Å². The van der Waals surface area contributed by atoms with Gasteiger partial charge in [-0.3, -0.25) is 4.90 Å². The second-order valence-electron chi connectivity index (χ2n) is 4.12. The van der Waals surface area contributed by atoms with Gasteiger partial charge in [-0.25, -0.2) is 8.78 Å². The van der Waals surface area contributed by atoms with Crippen LogP contribution in [0.5, 0.6) is 0 Å². The van der Waals surface area contributed by atoms with Crippen molar-refractivity contribution in [3.63, 3.8) is 0 Å². The Hall–Kier alpha value is -0.520. The number of nitrogens with one attached hydrogen (secondary N) is 1. The molecule has 1 atom stereocenters. The van der Waals surface area contributed by atoms with Crippen LogP contribution in [0.2, 0.25) is 0 Å². The van der Waals surface area contributed by atoms with Crippen LogP contribution in [0.4, 0.5) is 8.78 Å². The van der Waals surface area contributed by atoms with Gasteiger partial charge < -0.3 is 5.32 Å². The predicted octanol–water partition coefficient (Wildman–Crippen LogP) is 2.50. The molecule has 1 aromatic rings. The molecule has 1 fully saturated rings. The second kappa shape index (κ2) is 5.89. The van der Waals surface area contributed by atoms with Crippen LogP contribution in [-0.4, -0.2) is 37.8 Å². The molecule has 0 amide bonds. The molecule has 1 heterocycles. The molecule has 0 aromatic heterocycles. The Morgan fingerprint density at radius 2 is 2.06 bits per heavy atom. The third-order valence-corrected chi connectivity index (χ3v) is 3.78. The summed E-state index contributed by atoms with van der Waals surface area (Å²) in [5.74, 6) is -0.322. The number of rotatable bonds is 3. The molecule has 5 heteroatoms. The molecule has 0 aliphatic carbocycles. The van der Waals surface area contributed by atoms with Gasteiger partial charge >= 0.3 is 0 Å². The van der Waals surface area contributed by atoms with Crippen molar-refractivity contribution in [1.29, 1.82) is 0 Å². The fourth-order valence-corrected chi connectivity index (χ4v) is 2.65. The van der Waals surface area contributed by atoms with E-state index in [1.165, 1.54) is 12.1 Å². The van der Waals surface area contributed by atoms with E-state index in [9.17, 15) is 8.78 Å². The maximum Gasteiger partial charge on any atom is 0.123 e. The van der Waals surface area contributed by atoms with Crippen LogP contribution >= 0.6 is 15.9 Å². The van der Waals surface area contributed by atoms with E-state index in [4.69, 9.17) is 0 Å². The van der Waals surface area contributed by atoms with Crippen molar-refractivity contribution in [3.05, 3.63) is 34.1 Å². The first-order chi connectivity index (χ1) is 8.22. The number of halogens is 3. The highest BCUT2D eigenvalue weighted by molar-refractivity contribution is 9.10. The van der Waals surface area contributed by atoms with E-state index in [0.717, 1.165) is 30.7 Å². The van der Waals surface area contributed by atoms with Gasteiger partial charge in [0.1, 0.15) is 12.5 Å². The fraction of sp³-hybridized carbons (Fsp3) is 0.500. The summed E-state index contributed by atoms with van der Waals surface area (Å²) in [6, 6.07) is 4.06. The van der Waals surface area contributed by atoms with Crippen molar-refractivity contribution in [2.24, 2.45) is 0 Å². The van der Waals surface area contributed by atoms with Gasteiger partial charge in [0.2, 0.25) is 0 Å². The summed E-state index contributed by atoms with van der Waals surface area (Å²) >= 11 is 3.36. The summed E-state index contributed by atoms with van der Waals surface area (Å²) in [6.45, 7) is 2.78. The topological polar surface area (TPSA) is 15.3 Å². The predicted molar refractivity (Wildman–Crippen MR) is 67.3 cm³/mol. The molecule has 0 radical (unpaired) electrons. The molecule has 94 valence electrons. The van der Waals surface area contributed by atoms with Crippen LogP contribution in [0, 0.1) is 5.82 Å². The van der Waals surface area contributed by atoms with Gasteiger partial charge in [-0.05, 0) is 23.8 Å². The Balaban J connectivity index is 2.24. The summed E-state index contributed by atoms with van der Waals surface area (Å²) in [4.78, 5) is 2.05. The van der Waals surface area contributed by atoms with Crippen molar-refractivity contribution in [3.8, 4) is 0 Å². The lowest BCUT2D eigenvalue weighted by molar-refractivity contribution is 0.147. The molecule has 0 saturated carbocycles. The van der Waals surface area contributed by atoms with Crippen LogP contribution in [-0.2, 0) is 0 Å². The average Bonchev–Trinajstić information content (AvgIpc) is 2.36. The molecule has 1 saturated heterocycles. The maximum absolute atomic E-state index is 13.2. The molecular formula is C12H15BrF2N2. The van der Waals surface area contributed by atoms with Crippen LogP contribution in [0.1, 0.15) is 11.6 Å². The van der Waals surface area contributed by atoms with Gasteiger partial charge in [0, 0.05) is 30.7 Å². The van der Waals surface area contributed by atoms with Crippen molar-refractivity contribution in [2.45, 2.75) is 6.04 Å². The maximum atomic E-state index is 13.2. The monoisotopic (exact) mass is 304 g/mol. The molecular weight excluding hydrogens is 290 g/mol. The minimum Gasteiger partial charge on any atom is -0.314 e. The largest absolute Gasteiger partial charge is 0.314 e. The van der Waals surface area contributed by atoms with E-state index in [1.54, 1.807) is 6.07 Å². The number of hydrogen-bond donors (Lipinski definition) is 1. The van der Waals surface area contributed by atoms with Crippen molar-refractivity contribution in [1.82, 2.24) is 10.2 Å². The number of benzene rings is 1. The molecule has 0 bridgehead atoms. The quantitative estimate of drug-likeness (QED) is 0.923. The lowest BCUT2D eigenvalue weighted by atomic mass is 10.1. The lowest BCUT2D eigenvalue weighted by Gasteiger charge is -2.34. The highest BCUT2D eigenvalue weighted by Crippen LogP contribution is 2.29. The van der Waals surface area contributed by atoms with Crippen molar-refractivity contribution < 1.29 is 8.78 Å². The van der Waals surface area contributed by atoms with Crippen molar-refractivity contribution >= 4 is 15.9 Å². The number of piperazine rings is 1. The first-order valence-corrected chi connectivity index (χ1v) is 6.47. The van der Waals surface area contributed by atoms with Crippen LogP contribution in [0.25, 0.3) is 0 Å². The minimum atomic E-state index is -0.498. The van der Waals surface area contributed by atoms with Gasteiger partial charge in [0.25, 0.3) is 0 Å². The zero-order valence-electron chi connectivity index (χ0n) is 9.43. The zero-order chi connectivity index (χ0) is 12.3. The Morgan fingerprint density at radius 1 is 1.35 bits per heavy atom. The average molecular weight is 305 g/mol. The number of hydrogen-bond acceptors (Lipinski definition) is 2. The zero-order valence-corrected chi connectivity index (χ0v) is 11.0. The normalized spacial score (nSPS) is 19.2. The second-order valence-corrected chi connectivity index (χ2v) is 4.98. The summed E-state index contributed by atoms with van der Waals surface area (Å²) in [5, 5.41) is 3.22. The molecule has 0 spiro atoms. The Labute approximate surface area is 108 Å². The van der Waals surface area contributed by atoms with Crippen LogP contribution in [0.15, 0.2) is 22.7 Å². The molecule has 17 heavy (non-hydrogen) atoms. The molecule has 0 unspecified atom stereocenters. The molecule has 1 N–H and O–H groups in total. The van der Waals surface area contributed by atoms with E-state index in [1.807, 2.05) is 0 Å². The van der Waals surface area contributed by atoms with E-state index < -0.39 is 6.67 Å². The van der Waals surface area contributed by atoms with E-state index in [0.29, 0.717) is 5.56 Å². The fourth-order valence-electron chi connectivity index (χ4n) is 2.14. The summed E-state index contributed by atoms with van der Waals surface area (Å²) in [5.41, 5.74) is 0.689. The summed E-state index contributed by atoms with van der Waals surface area (Å²) < 4.78 is 27.2. The Kier molecular flexibility index (Phi) is 4.48. The highest BCUT2D eigenvalue weighted by atomic mass is 79.9. The van der Waals surface area contributed by atoms with Gasteiger partial charge in [-0.2, -0.15) is 0 Å². The molecule has 1 aliphatic rings. The van der Waals surface area contributed by atoms with Gasteiger partial charge in [-0.15, -0.1) is 0 Å². The first kappa shape index (κ1) is 12.9. The van der Waals surface area contributed by atoms with Gasteiger partial charge in [0.05, 0.1) is 6.04 Å². The van der Waals surface area contributed by atoms with Gasteiger partial charge in [-0.1, -0.05) is 15.9 Å². The molecule has 1 aromatic carbocycles. The third kappa shape index (κ3) is 3.03. The van der Waals surface area contributed by atoms with Crippen LogP contribution < -0.4 is 5.32 Å². The summed E-state index contributed by atoms with van der Waals surface area (Å²) in [6.07, 6.45) is 0. The first-order valence-electron chi connectivity index (χ1n) is 5.68. The summed E-state index contributed by atoms with van der Waals surface area (Å²) in [7, 11) is 0. The SMILES string of the molecule is FC[C@@H](c1cc(F)ccc1Br)N1CCNCC1. The smallest absolute Gasteiger partial charge is 0.123 e. The minimum absolute atomic E-state index is 0.322. The molecule has 2 rings (SSSR count).